The van der Waals surface area contributed by atoms with Gasteiger partial charge < -0.3 is 9.30 Å². The van der Waals surface area contributed by atoms with Crippen molar-refractivity contribution >= 4 is 17.4 Å². The van der Waals surface area contributed by atoms with Gasteiger partial charge in [-0.2, -0.15) is 5.10 Å². The monoisotopic (exact) mass is 402 g/mol. The van der Waals surface area contributed by atoms with Crippen molar-refractivity contribution < 1.29 is 9.66 Å². The lowest BCUT2D eigenvalue weighted by Crippen LogP contribution is -2.12. The molecule has 3 rings (SSSR count). The van der Waals surface area contributed by atoms with Gasteiger partial charge in [-0.15, -0.1) is 10.2 Å². The van der Waals surface area contributed by atoms with Crippen LogP contribution in [0.5, 0.6) is 5.75 Å². The van der Waals surface area contributed by atoms with Crippen LogP contribution < -0.4 is 4.74 Å². The Balaban J connectivity index is 1.73. The third kappa shape index (κ3) is 4.16. The summed E-state index contributed by atoms with van der Waals surface area (Å²) in [4.78, 5) is 10.3. The van der Waals surface area contributed by atoms with Crippen LogP contribution in [-0.2, 0) is 12.4 Å². The van der Waals surface area contributed by atoms with E-state index in [0.29, 0.717) is 17.6 Å². The third-order valence-electron chi connectivity index (χ3n) is 4.44. The number of benzene rings is 1. The molecule has 28 heavy (non-hydrogen) atoms. The average Bonchev–Trinajstić information content (AvgIpc) is 3.30. The molecule has 2 aromatic heterocycles. The predicted octanol–water partition coefficient (Wildman–Crippen LogP) is 3.91. The fourth-order valence-electron chi connectivity index (χ4n) is 2.74. The van der Waals surface area contributed by atoms with Crippen LogP contribution >= 0.6 is 11.8 Å². The molecule has 0 aliphatic heterocycles. The minimum absolute atomic E-state index is 0.0335. The van der Waals surface area contributed by atoms with Crippen molar-refractivity contribution in [2.24, 2.45) is 0 Å². The van der Waals surface area contributed by atoms with Gasteiger partial charge in [0.1, 0.15) is 18.1 Å². The van der Waals surface area contributed by atoms with E-state index in [1.807, 2.05) is 37.5 Å². The number of hydrogen-bond donors (Lipinski definition) is 0. The molecule has 0 N–H and O–H groups in total. The highest BCUT2D eigenvalue weighted by atomic mass is 32.2. The molecule has 0 bridgehead atoms. The van der Waals surface area contributed by atoms with E-state index < -0.39 is 4.92 Å². The second-order valence-corrected chi connectivity index (χ2v) is 7.22. The number of ether oxygens (including phenoxy) is 1. The van der Waals surface area contributed by atoms with Crippen molar-refractivity contribution in [2.45, 2.75) is 51.4 Å². The van der Waals surface area contributed by atoms with Gasteiger partial charge in [0.05, 0.1) is 10.8 Å². The SMILES string of the molecule is CCn1c(SCn2cc([N+](=O)[O-])cn2)nnc1C(C)Oc1cccc(C)c1C. The lowest BCUT2D eigenvalue weighted by Gasteiger charge is -2.17. The van der Waals surface area contributed by atoms with E-state index in [-0.39, 0.29) is 11.8 Å². The minimum Gasteiger partial charge on any atom is -0.482 e. The first kappa shape index (κ1) is 19.9. The summed E-state index contributed by atoms with van der Waals surface area (Å²) < 4.78 is 9.63. The van der Waals surface area contributed by atoms with Gasteiger partial charge in [0.15, 0.2) is 17.1 Å². The van der Waals surface area contributed by atoms with E-state index in [1.54, 1.807) is 0 Å². The molecule has 0 amide bonds. The number of nitrogens with zero attached hydrogens (tertiary/aromatic N) is 6. The van der Waals surface area contributed by atoms with Gasteiger partial charge in [0.25, 0.3) is 0 Å². The highest BCUT2D eigenvalue weighted by molar-refractivity contribution is 7.98. The molecule has 1 aromatic carbocycles. The van der Waals surface area contributed by atoms with Crippen LogP contribution in [0.3, 0.4) is 0 Å². The Hall–Kier alpha value is -2.88. The van der Waals surface area contributed by atoms with Crippen molar-refractivity contribution in [3.63, 3.8) is 0 Å². The summed E-state index contributed by atoms with van der Waals surface area (Å²) in [6, 6.07) is 5.97. The minimum atomic E-state index is -0.465. The molecule has 3 aromatic rings. The van der Waals surface area contributed by atoms with Crippen molar-refractivity contribution in [2.75, 3.05) is 0 Å². The fraction of sp³-hybridized carbons (Fsp3) is 0.389. The maximum absolute atomic E-state index is 10.8. The summed E-state index contributed by atoms with van der Waals surface area (Å²) in [7, 11) is 0. The van der Waals surface area contributed by atoms with Crippen LogP contribution in [0.4, 0.5) is 5.69 Å². The normalized spacial score (nSPS) is 12.1. The van der Waals surface area contributed by atoms with Gasteiger partial charge in [-0.1, -0.05) is 23.9 Å². The maximum Gasteiger partial charge on any atom is 0.307 e. The van der Waals surface area contributed by atoms with E-state index in [0.717, 1.165) is 17.1 Å². The quantitative estimate of drug-likeness (QED) is 0.320. The van der Waals surface area contributed by atoms with Crippen LogP contribution in [0.1, 0.15) is 36.9 Å². The first-order chi connectivity index (χ1) is 13.4. The molecular formula is C18H22N6O3S. The van der Waals surface area contributed by atoms with E-state index >= 15 is 0 Å². The number of nitro groups is 1. The number of aryl methyl sites for hydroxylation is 1. The molecule has 0 aliphatic rings. The topological polar surface area (TPSA) is 101 Å². The van der Waals surface area contributed by atoms with Crippen LogP contribution in [0, 0.1) is 24.0 Å². The molecule has 0 saturated carbocycles. The molecule has 0 aliphatic carbocycles. The van der Waals surface area contributed by atoms with E-state index in [2.05, 4.69) is 28.3 Å². The molecule has 148 valence electrons. The van der Waals surface area contributed by atoms with Gasteiger partial charge in [-0.05, 0) is 44.9 Å². The molecule has 1 unspecified atom stereocenters. The first-order valence-corrected chi connectivity index (χ1v) is 9.84. The van der Waals surface area contributed by atoms with Crippen LogP contribution in [0.2, 0.25) is 0 Å². The maximum atomic E-state index is 10.8. The van der Waals surface area contributed by atoms with Gasteiger partial charge in [-0.25, -0.2) is 0 Å². The first-order valence-electron chi connectivity index (χ1n) is 8.86. The number of aromatic nitrogens is 5. The number of thioether (sulfide) groups is 1. The fourth-order valence-corrected chi connectivity index (χ4v) is 3.61. The summed E-state index contributed by atoms with van der Waals surface area (Å²) in [5, 5.41) is 24.1. The zero-order valence-electron chi connectivity index (χ0n) is 16.2. The Bertz CT molecular complexity index is 984. The van der Waals surface area contributed by atoms with E-state index in [9.17, 15) is 10.1 Å². The highest BCUT2D eigenvalue weighted by Gasteiger charge is 2.20. The number of hydrogen-bond acceptors (Lipinski definition) is 7. The summed E-state index contributed by atoms with van der Waals surface area (Å²) in [6.45, 7) is 8.73. The van der Waals surface area contributed by atoms with E-state index in [1.165, 1.54) is 34.4 Å². The molecule has 0 fully saturated rings. The summed E-state index contributed by atoms with van der Waals surface area (Å²) in [5.74, 6) is 1.96. The highest BCUT2D eigenvalue weighted by Crippen LogP contribution is 2.28. The predicted molar refractivity (Wildman–Crippen MR) is 105 cm³/mol. The Morgan fingerprint density at radius 1 is 1.32 bits per heavy atom. The Morgan fingerprint density at radius 2 is 2.11 bits per heavy atom. The average molecular weight is 402 g/mol. The molecule has 2 heterocycles. The molecular weight excluding hydrogens is 380 g/mol. The van der Waals surface area contributed by atoms with Crippen LogP contribution in [0.25, 0.3) is 0 Å². The molecule has 0 radical (unpaired) electrons. The number of rotatable bonds is 8. The largest absolute Gasteiger partial charge is 0.482 e. The van der Waals surface area contributed by atoms with E-state index in [4.69, 9.17) is 4.74 Å². The van der Waals surface area contributed by atoms with Crippen molar-refractivity contribution in [1.29, 1.82) is 0 Å². The van der Waals surface area contributed by atoms with Gasteiger partial charge in [0.2, 0.25) is 0 Å². The second kappa shape index (κ2) is 8.42. The van der Waals surface area contributed by atoms with Gasteiger partial charge in [0, 0.05) is 6.54 Å². The molecule has 0 saturated heterocycles. The zero-order valence-corrected chi connectivity index (χ0v) is 17.0. The lowest BCUT2D eigenvalue weighted by atomic mass is 10.1. The van der Waals surface area contributed by atoms with Crippen molar-refractivity contribution in [3.8, 4) is 5.75 Å². The molecule has 0 spiro atoms. The molecule has 1 atom stereocenters. The summed E-state index contributed by atoms with van der Waals surface area (Å²) in [6.07, 6.45) is 2.36. The van der Waals surface area contributed by atoms with Crippen molar-refractivity contribution in [1.82, 2.24) is 24.5 Å². The van der Waals surface area contributed by atoms with Crippen molar-refractivity contribution in [3.05, 3.63) is 57.7 Å². The second-order valence-electron chi connectivity index (χ2n) is 6.31. The standard InChI is InChI=1S/C18H22N6O3S/c1-5-23-17(14(4)27-16-8-6-7-12(2)13(16)3)20-21-18(23)28-11-22-10-15(9-19-22)24(25)26/h6-10,14H,5,11H2,1-4H3. The molecule has 10 heteroatoms. The van der Waals surface area contributed by atoms with Crippen LogP contribution in [0.15, 0.2) is 35.7 Å². The Kier molecular flexibility index (Phi) is 5.98. The summed E-state index contributed by atoms with van der Waals surface area (Å²) >= 11 is 1.41. The summed E-state index contributed by atoms with van der Waals surface area (Å²) in [5.41, 5.74) is 2.24. The molecule has 9 nitrogen and oxygen atoms in total. The van der Waals surface area contributed by atoms with Gasteiger partial charge in [-0.3, -0.25) is 14.8 Å². The Morgan fingerprint density at radius 3 is 2.79 bits per heavy atom. The third-order valence-corrected chi connectivity index (χ3v) is 5.39. The lowest BCUT2D eigenvalue weighted by molar-refractivity contribution is -0.385. The zero-order chi connectivity index (χ0) is 20.3. The van der Waals surface area contributed by atoms with Gasteiger partial charge >= 0.3 is 5.69 Å². The van der Waals surface area contributed by atoms with Crippen LogP contribution in [-0.4, -0.2) is 29.5 Å². The smallest absolute Gasteiger partial charge is 0.307 e. The Labute approximate surface area is 166 Å².